The van der Waals surface area contributed by atoms with Crippen molar-refractivity contribution in [2.45, 2.75) is 39.2 Å². The highest BCUT2D eigenvalue weighted by molar-refractivity contribution is 7.12. The van der Waals surface area contributed by atoms with Gasteiger partial charge in [-0.05, 0) is 50.0 Å². The van der Waals surface area contributed by atoms with E-state index in [-0.39, 0.29) is 0 Å². The number of likely N-dealkylation sites (tertiary alicyclic amines) is 1. The van der Waals surface area contributed by atoms with Crippen LogP contribution < -0.4 is 5.32 Å². The number of rotatable bonds is 4. The average Bonchev–Trinajstić information content (AvgIpc) is 2.88. The highest BCUT2D eigenvalue weighted by Gasteiger charge is 2.23. The van der Waals surface area contributed by atoms with Gasteiger partial charge in [-0.3, -0.25) is 4.90 Å². The Morgan fingerprint density at radius 1 is 1.39 bits per heavy atom. The van der Waals surface area contributed by atoms with Crippen molar-refractivity contribution in [3.8, 4) is 0 Å². The highest BCUT2D eigenvalue weighted by Crippen LogP contribution is 2.30. The molecule has 1 saturated heterocycles. The van der Waals surface area contributed by atoms with Crippen LogP contribution in [-0.4, -0.2) is 31.6 Å². The van der Waals surface area contributed by atoms with Gasteiger partial charge in [0.15, 0.2) is 0 Å². The quantitative estimate of drug-likeness (QED) is 0.901. The summed E-state index contributed by atoms with van der Waals surface area (Å²) in [6.07, 6.45) is 1.35. The Balaban J connectivity index is 1.89. The van der Waals surface area contributed by atoms with Crippen LogP contribution in [-0.2, 0) is 12.0 Å². The lowest BCUT2D eigenvalue weighted by Gasteiger charge is -2.16. The second kappa shape index (κ2) is 5.72. The second-order valence-electron chi connectivity index (χ2n) is 6.46. The lowest BCUT2D eigenvalue weighted by atomic mass is 9.95. The van der Waals surface area contributed by atoms with Crippen molar-refractivity contribution < 1.29 is 0 Å². The molecule has 0 saturated carbocycles. The topological polar surface area (TPSA) is 15.3 Å². The summed E-state index contributed by atoms with van der Waals surface area (Å²) in [5, 5.41) is 3.29. The summed E-state index contributed by atoms with van der Waals surface area (Å²) in [6.45, 7) is 11.7. The molecule has 1 atom stereocenters. The van der Waals surface area contributed by atoms with E-state index in [1.807, 2.05) is 11.3 Å². The van der Waals surface area contributed by atoms with Crippen LogP contribution in [0.3, 0.4) is 0 Å². The van der Waals surface area contributed by atoms with Gasteiger partial charge in [0, 0.05) is 22.8 Å². The summed E-state index contributed by atoms with van der Waals surface area (Å²) in [6, 6.07) is 4.62. The Bertz CT molecular complexity index is 378. The standard InChI is InChI=1S/C15H26N2S/c1-15(2,3)14-6-5-13(18-14)11-17-8-7-12(10-17)9-16-4/h5-6,12,16H,7-11H2,1-4H3. The molecule has 102 valence electrons. The van der Waals surface area contributed by atoms with Gasteiger partial charge in [-0.15, -0.1) is 11.3 Å². The Hall–Kier alpha value is -0.380. The first-order valence-corrected chi connectivity index (χ1v) is 7.77. The molecule has 2 heterocycles. The van der Waals surface area contributed by atoms with Gasteiger partial charge in [-0.25, -0.2) is 0 Å². The largest absolute Gasteiger partial charge is 0.319 e. The van der Waals surface area contributed by atoms with Gasteiger partial charge in [0.25, 0.3) is 0 Å². The van der Waals surface area contributed by atoms with Gasteiger partial charge in [-0.2, -0.15) is 0 Å². The number of hydrogen-bond acceptors (Lipinski definition) is 3. The zero-order chi connectivity index (χ0) is 13.2. The third-order valence-corrected chi connectivity index (χ3v) is 5.14. The fourth-order valence-electron chi connectivity index (χ4n) is 2.60. The van der Waals surface area contributed by atoms with Crippen LogP contribution in [0.4, 0.5) is 0 Å². The molecule has 0 bridgehead atoms. The Morgan fingerprint density at radius 2 is 2.17 bits per heavy atom. The summed E-state index contributed by atoms with van der Waals surface area (Å²) in [4.78, 5) is 5.62. The molecule has 1 N–H and O–H groups in total. The van der Waals surface area contributed by atoms with E-state index in [1.165, 1.54) is 29.3 Å². The van der Waals surface area contributed by atoms with Crippen molar-refractivity contribution in [3.63, 3.8) is 0 Å². The summed E-state index contributed by atoms with van der Waals surface area (Å²) >= 11 is 1.98. The zero-order valence-corrected chi connectivity index (χ0v) is 12.9. The number of hydrogen-bond donors (Lipinski definition) is 1. The molecule has 2 rings (SSSR count). The maximum atomic E-state index is 3.29. The van der Waals surface area contributed by atoms with Crippen LogP contribution in [0.2, 0.25) is 0 Å². The fourth-order valence-corrected chi connectivity index (χ4v) is 3.71. The van der Waals surface area contributed by atoms with Crippen LogP contribution in [0.15, 0.2) is 12.1 Å². The normalized spacial score (nSPS) is 21.7. The lowest BCUT2D eigenvalue weighted by Crippen LogP contribution is -2.24. The minimum Gasteiger partial charge on any atom is -0.319 e. The first-order valence-electron chi connectivity index (χ1n) is 6.95. The van der Waals surface area contributed by atoms with E-state index >= 15 is 0 Å². The summed E-state index contributed by atoms with van der Waals surface area (Å²) < 4.78 is 0. The predicted octanol–water partition coefficient (Wildman–Crippen LogP) is 3.09. The minimum absolute atomic E-state index is 0.294. The number of nitrogens with zero attached hydrogens (tertiary/aromatic N) is 1. The van der Waals surface area contributed by atoms with E-state index in [9.17, 15) is 0 Å². The van der Waals surface area contributed by atoms with Crippen LogP contribution in [0.5, 0.6) is 0 Å². The molecule has 0 aromatic carbocycles. The third-order valence-electron chi connectivity index (χ3n) is 3.64. The van der Waals surface area contributed by atoms with E-state index < -0.39 is 0 Å². The molecule has 1 aromatic heterocycles. The molecule has 1 aromatic rings. The summed E-state index contributed by atoms with van der Waals surface area (Å²) in [5.41, 5.74) is 0.294. The van der Waals surface area contributed by atoms with Crippen molar-refractivity contribution >= 4 is 11.3 Å². The van der Waals surface area contributed by atoms with Crippen LogP contribution in [0.25, 0.3) is 0 Å². The van der Waals surface area contributed by atoms with Crippen molar-refractivity contribution in [2.75, 3.05) is 26.7 Å². The highest BCUT2D eigenvalue weighted by atomic mass is 32.1. The van der Waals surface area contributed by atoms with Crippen LogP contribution >= 0.6 is 11.3 Å². The number of thiophene rings is 1. The van der Waals surface area contributed by atoms with E-state index in [2.05, 4.69) is 50.2 Å². The molecule has 18 heavy (non-hydrogen) atoms. The first kappa shape index (κ1) is 14.0. The van der Waals surface area contributed by atoms with E-state index in [1.54, 1.807) is 0 Å². The molecular formula is C15H26N2S. The molecule has 1 aliphatic rings. The summed E-state index contributed by atoms with van der Waals surface area (Å²) in [5.74, 6) is 0.844. The molecule has 0 spiro atoms. The van der Waals surface area contributed by atoms with Gasteiger partial charge >= 0.3 is 0 Å². The first-order chi connectivity index (χ1) is 8.49. The van der Waals surface area contributed by atoms with E-state index in [4.69, 9.17) is 0 Å². The van der Waals surface area contributed by atoms with Crippen molar-refractivity contribution in [2.24, 2.45) is 5.92 Å². The molecule has 3 heteroatoms. The molecule has 1 aliphatic heterocycles. The average molecular weight is 266 g/mol. The molecule has 1 fully saturated rings. The molecule has 0 amide bonds. The van der Waals surface area contributed by atoms with Crippen LogP contribution in [0, 0.1) is 5.92 Å². The third kappa shape index (κ3) is 3.56. The SMILES string of the molecule is CNCC1CCN(Cc2ccc(C(C)(C)C)s2)C1. The van der Waals surface area contributed by atoms with Crippen molar-refractivity contribution in [1.82, 2.24) is 10.2 Å². The Labute approximate surface area is 115 Å². The molecular weight excluding hydrogens is 240 g/mol. The Kier molecular flexibility index (Phi) is 4.46. The van der Waals surface area contributed by atoms with Gasteiger partial charge in [0.2, 0.25) is 0 Å². The molecule has 0 aliphatic carbocycles. The lowest BCUT2D eigenvalue weighted by molar-refractivity contribution is 0.318. The predicted molar refractivity (Wildman–Crippen MR) is 80.3 cm³/mol. The van der Waals surface area contributed by atoms with Crippen molar-refractivity contribution in [3.05, 3.63) is 21.9 Å². The van der Waals surface area contributed by atoms with Gasteiger partial charge < -0.3 is 5.32 Å². The fraction of sp³-hybridized carbons (Fsp3) is 0.733. The molecule has 0 radical (unpaired) electrons. The van der Waals surface area contributed by atoms with Gasteiger partial charge in [0.05, 0.1) is 0 Å². The summed E-state index contributed by atoms with van der Waals surface area (Å²) in [7, 11) is 2.05. The zero-order valence-electron chi connectivity index (χ0n) is 12.1. The maximum Gasteiger partial charge on any atom is 0.0328 e. The minimum atomic E-state index is 0.294. The van der Waals surface area contributed by atoms with Crippen LogP contribution in [0.1, 0.15) is 36.9 Å². The Morgan fingerprint density at radius 3 is 2.78 bits per heavy atom. The monoisotopic (exact) mass is 266 g/mol. The van der Waals surface area contributed by atoms with Gasteiger partial charge in [-0.1, -0.05) is 20.8 Å². The van der Waals surface area contributed by atoms with Crippen molar-refractivity contribution in [1.29, 1.82) is 0 Å². The molecule has 2 nitrogen and oxygen atoms in total. The smallest absolute Gasteiger partial charge is 0.0328 e. The van der Waals surface area contributed by atoms with Gasteiger partial charge in [0.1, 0.15) is 0 Å². The van der Waals surface area contributed by atoms with E-state index in [0.29, 0.717) is 5.41 Å². The second-order valence-corrected chi connectivity index (χ2v) is 7.63. The van der Waals surface area contributed by atoms with E-state index in [0.717, 1.165) is 19.0 Å². The maximum absolute atomic E-state index is 3.29. The molecule has 1 unspecified atom stereocenters. The number of nitrogens with one attached hydrogen (secondary N) is 1.